The maximum absolute atomic E-state index is 3.39. The van der Waals surface area contributed by atoms with Crippen molar-refractivity contribution in [2.24, 2.45) is 0 Å². The van der Waals surface area contributed by atoms with Crippen molar-refractivity contribution in [1.82, 2.24) is 5.32 Å². The molecule has 2 aromatic rings. The summed E-state index contributed by atoms with van der Waals surface area (Å²) >= 11 is 0. The molecule has 2 nitrogen and oxygen atoms in total. The van der Waals surface area contributed by atoms with E-state index in [1.165, 1.54) is 5.56 Å². The van der Waals surface area contributed by atoms with Crippen LogP contribution in [0.5, 0.6) is 0 Å². The number of benzene rings is 2. The average molecular weight is 238 g/mol. The van der Waals surface area contributed by atoms with Gasteiger partial charge in [-0.2, -0.15) is 0 Å². The molecule has 2 heteroatoms. The van der Waals surface area contributed by atoms with Crippen LogP contribution in [0.4, 0.5) is 11.4 Å². The van der Waals surface area contributed by atoms with Crippen LogP contribution in [0, 0.1) is 0 Å². The molecule has 0 saturated heterocycles. The Morgan fingerprint density at radius 3 is 2.50 bits per heavy atom. The molecule has 92 valence electrons. The zero-order valence-electron chi connectivity index (χ0n) is 10.6. The SMILES string of the molecule is CNCC=Cc1cccc(Nc2ccccc2)c1. The van der Waals surface area contributed by atoms with Crippen LogP contribution in [0.1, 0.15) is 5.56 Å². The largest absolute Gasteiger partial charge is 0.356 e. The quantitative estimate of drug-likeness (QED) is 0.830. The van der Waals surface area contributed by atoms with Gasteiger partial charge in [-0.3, -0.25) is 0 Å². The molecule has 0 unspecified atom stereocenters. The molecule has 0 aliphatic heterocycles. The molecule has 2 rings (SSSR count). The van der Waals surface area contributed by atoms with E-state index in [1.807, 2.05) is 25.2 Å². The van der Waals surface area contributed by atoms with Crippen LogP contribution in [-0.4, -0.2) is 13.6 Å². The molecular formula is C16H18N2. The molecule has 0 radical (unpaired) electrons. The first-order valence-corrected chi connectivity index (χ1v) is 6.12. The average Bonchev–Trinajstić information content (AvgIpc) is 2.41. The van der Waals surface area contributed by atoms with Gasteiger partial charge in [0.25, 0.3) is 0 Å². The lowest BCUT2D eigenvalue weighted by molar-refractivity contribution is 0.922. The molecule has 0 atom stereocenters. The van der Waals surface area contributed by atoms with E-state index >= 15 is 0 Å². The lowest BCUT2D eigenvalue weighted by atomic mass is 10.2. The Bertz CT molecular complexity index is 504. The van der Waals surface area contributed by atoms with Gasteiger partial charge in [-0.05, 0) is 36.9 Å². The van der Waals surface area contributed by atoms with Gasteiger partial charge < -0.3 is 10.6 Å². The molecule has 0 spiro atoms. The Morgan fingerprint density at radius 1 is 0.944 bits per heavy atom. The fourth-order valence-corrected chi connectivity index (χ4v) is 1.72. The molecule has 0 saturated carbocycles. The maximum Gasteiger partial charge on any atom is 0.0390 e. The standard InChI is InChI=1S/C16H18N2/c1-17-12-6-8-14-7-5-11-16(13-14)18-15-9-3-2-4-10-15/h2-11,13,17-18H,12H2,1H3. The van der Waals surface area contributed by atoms with Crippen LogP contribution < -0.4 is 10.6 Å². The van der Waals surface area contributed by atoms with Gasteiger partial charge in [0.15, 0.2) is 0 Å². The molecule has 0 amide bonds. The fraction of sp³-hybridized carbons (Fsp3) is 0.125. The van der Waals surface area contributed by atoms with Crippen molar-refractivity contribution in [1.29, 1.82) is 0 Å². The number of likely N-dealkylation sites (N-methyl/N-ethyl adjacent to an activating group) is 1. The molecular weight excluding hydrogens is 220 g/mol. The summed E-state index contributed by atoms with van der Waals surface area (Å²) in [6.45, 7) is 0.885. The van der Waals surface area contributed by atoms with Gasteiger partial charge in [-0.15, -0.1) is 0 Å². The minimum atomic E-state index is 0.885. The highest BCUT2D eigenvalue weighted by molar-refractivity contribution is 5.63. The third-order valence-corrected chi connectivity index (χ3v) is 2.58. The van der Waals surface area contributed by atoms with Crippen molar-refractivity contribution < 1.29 is 0 Å². The minimum absolute atomic E-state index is 0.885. The monoisotopic (exact) mass is 238 g/mol. The van der Waals surface area contributed by atoms with Crippen LogP contribution in [0.3, 0.4) is 0 Å². The highest BCUT2D eigenvalue weighted by Gasteiger charge is 1.94. The Labute approximate surface area is 108 Å². The van der Waals surface area contributed by atoms with Crippen LogP contribution in [0.2, 0.25) is 0 Å². The molecule has 0 bridgehead atoms. The lowest BCUT2D eigenvalue weighted by Crippen LogP contribution is -2.03. The summed E-state index contributed by atoms with van der Waals surface area (Å²) in [4.78, 5) is 0. The van der Waals surface area contributed by atoms with Gasteiger partial charge in [-0.1, -0.05) is 42.5 Å². The van der Waals surface area contributed by atoms with Crippen LogP contribution in [0.25, 0.3) is 6.08 Å². The molecule has 2 N–H and O–H groups in total. The highest BCUT2D eigenvalue weighted by Crippen LogP contribution is 2.17. The first kappa shape index (κ1) is 12.4. The summed E-state index contributed by atoms with van der Waals surface area (Å²) in [5, 5.41) is 6.48. The zero-order valence-corrected chi connectivity index (χ0v) is 10.6. The van der Waals surface area contributed by atoms with E-state index in [9.17, 15) is 0 Å². The number of hydrogen-bond acceptors (Lipinski definition) is 2. The molecule has 18 heavy (non-hydrogen) atoms. The molecule has 0 aliphatic carbocycles. The summed E-state index contributed by atoms with van der Waals surface area (Å²) in [7, 11) is 1.94. The van der Waals surface area contributed by atoms with Gasteiger partial charge in [0, 0.05) is 17.9 Å². The first-order valence-electron chi connectivity index (χ1n) is 6.12. The second-order valence-electron chi connectivity index (χ2n) is 4.08. The third-order valence-electron chi connectivity index (χ3n) is 2.58. The van der Waals surface area contributed by atoms with Crippen molar-refractivity contribution in [2.45, 2.75) is 0 Å². The zero-order chi connectivity index (χ0) is 12.6. The van der Waals surface area contributed by atoms with E-state index in [1.54, 1.807) is 0 Å². The second-order valence-corrected chi connectivity index (χ2v) is 4.08. The molecule has 0 heterocycles. The Morgan fingerprint density at radius 2 is 1.72 bits per heavy atom. The van der Waals surface area contributed by atoms with Crippen LogP contribution in [0.15, 0.2) is 60.7 Å². The summed E-state index contributed by atoms with van der Waals surface area (Å²) in [5.41, 5.74) is 3.41. The second kappa shape index (κ2) is 6.62. The molecule has 0 fully saturated rings. The predicted molar refractivity (Wildman–Crippen MR) is 79.1 cm³/mol. The molecule has 2 aromatic carbocycles. The van der Waals surface area contributed by atoms with Gasteiger partial charge in [0.1, 0.15) is 0 Å². The Kier molecular flexibility index (Phi) is 4.56. The summed E-state index contributed by atoms with van der Waals surface area (Å²) in [6, 6.07) is 18.6. The van der Waals surface area contributed by atoms with E-state index in [0.29, 0.717) is 0 Å². The maximum atomic E-state index is 3.39. The van der Waals surface area contributed by atoms with Crippen molar-refractivity contribution >= 4 is 17.5 Å². The number of para-hydroxylation sites is 1. The van der Waals surface area contributed by atoms with E-state index in [4.69, 9.17) is 0 Å². The van der Waals surface area contributed by atoms with E-state index in [-0.39, 0.29) is 0 Å². The predicted octanol–water partition coefficient (Wildman–Crippen LogP) is 3.66. The van der Waals surface area contributed by atoms with Crippen molar-refractivity contribution in [3.63, 3.8) is 0 Å². The van der Waals surface area contributed by atoms with Crippen molar-refractivity contribution in [3.05, 3.63) is 66.2 Å². The number of hydrogen-bond donors (Lipinski definition) is 2. The van der Waals surface area contributed by atoms with Crippen molar-refractivity contribution in [3.8, 4) is 0 Å². The summed E-state index contributed by atoms with van der Waals surface area (Å²) in [6.07, 6.45) is 4.23. The number of anilines is 2. The van der Waals surface area contributed by atoms with E-state index in [2.05, 4.69) is 59.2 Å². The van der Waals surface area contributed by atoms with E-state index in [0.717, 1.165) is 17.9 Å². The van der Waals surface area contributed by atoms with Crippen LogP contribution >= 0.6 is 0 Å². The smallest absolute Gasteiger partial charge is 0.0390 e. The number of rotatable bonds is 5. The summed E-state index contributed by atoms with van der Waals surface area (Å²) < 4.78 is 0. The van der Waals surface area contributed by atoms with Gasteiger partial charge >= 0.3 is 0 Å². The lowest BCUT2D eigenvalue weighted by Gasteiger charge is -2.06. The Hall–Kier alpha value is -2.06. The van der Waals surface area contributed by atoms with Crippen molar-refractivity contribution in [2.75, 3.05) is 18.9 Å². The fourth-order valence-electron chi connectivity index (χ4n) is 1.72. The topological polar surface area (TPSA) is 24.1 Å². The highest BCUT2D eigenvalue weighted by atomic mass is 14.9. The van der Waals surface area contributed by atoms with E-state index < -0.39 is 0 Å². The van der Waals surface area contributed by atoms with Gasteiger partial charge in [-0.25, -0.2) is 0 Å². The third kappa shape index (κ3) is 3.75. The number of nitrogens with one attached hydrogen (secondary N) is 2. The normalized spacial score (nSPS) is 10.7. The molecule has 0 aliphatic rings. The summed E-state index contributed by atoms with van der Waals surface area (Å²) in [5.74, 6) is 0. The first-order chi connectivity index (χ1) is 8.88. The van der Waals surface area contributed by atoms with Gasteiger partial charge in [0.2, 0.25) is 0 Å². The molecule has 0 aromatic heterocycles. The van der Waals surface area contributed by atoms with Gasteiger partial charge in [0.05, 0.1) is 0 Å². The van der Waals surface area contributed by atoms with Crippen LogP contribution in [-0.2, 0) is 0 Å². The minimum Gasteiger partial charge on any atom is -0.356 e. The Balaban J connectivity index is 2.08.